The summed E-state index contributed by atoms with van der Waals surface area (Å²) in [4.78, 5) is 17.8. The van der Waals surface area contributed by atoms with Crippen molar-refractivity contribution in [2.45, 2.75) is 45.8 Å². The number of hydrogen-bond donors (Lipinski definition) is 0. The van der Waals surface area contributed by atoms with Crippen molar-refractivity contribution in [2.75, 3.05) is 13.1 Å². The predicted molar refractivity (Wildman–Crippen MR) is 80.5 cm³/mol. The third-order valence-electron chi connectivity index (χ3n) is 3.24. The largest absolute Gasteiger partial charge is 0.472 e. The Morgan fingerprint density at radius 1 is 1.45 bits per heavy atom. The first-order chi connectivity index (χ1) is 10.3. The van der Waals surface area contributed by atoms with Gasteiger partial charge in [0, 0.05) is 18.5 Å². The molecule has 6 heteroatoms. The topological polar surface area (TPSA) is 75.5 Å². The van der Waals surface area contributed by atoms with Crippen LogP contribution in [0.5, 0.6) is 5.88 Å². The van der Waals surface area contributed by atoms with Crippen LogP contribution < -0.4 is 4.74 Å². The van der Waals surface area contributed by atoms with Gasteiger partial charge < -0.3 is 14.4 Å². The molecule has 1 aliphatic heterocycles. The van der Waals surface area contributed by atoms with Gasteiger partial charge in [0.2, 0.25) is 5.88 Å². The third kappa shape index (κ3) is 4.10. The van der Waals surface area contributed by atoms with Crippen molar-refractivity contribution in [3.05, 3.63) is 23.4 Å². The van der Waals surface area contributed by atoms with Gasteiger partial charge in [-0.2, -0.15) is 5.26 Å². The van der Waals surface area contributed by atoms with E-state index in [1.54, 1.807) is 11.0 Å². The minimum atomic E-state index is -0.505. The Morgan fingerprint density at radius 2 is 2.18 bits per heavy atom. The van der Waals surface area contributed by atoms with Crippen molar-refractivity contribution in [2.24, 2.45) is 0 Å². The molecule has 0 bridgehead atoms. The van der Waals surface area contributed by atoms with Crippen LogP contribution >= 0.6 is 0 Å². The second-order valence-electron chi connectivity index (χ2n) is 6.39. The number of ether oxygens (including phenoxy) is 2. The molecule has 118 valence electrons. The van der Waals surface area contributed by atoms with Crippen LogP contribution in [0.4, 0.5) is 4.79 Å². The van der Waals surface area contributed by atoms with Gasteiger partial charge in [0.1, 0.15) is 23.5 Å². The van der Waals surface area contributed by atoms with Crippen LogP contribution in [-0.2, 0) is 4.74 Å². The molecule has 1 unspecified atom stereocenters. The minimum Gasteiger partial charge on any atom is -0.472 e. The van der Waals surface area contributed by atoms with E-state index in [1.165, 1.54) is 0 Å². The lowest BCUT2D eigenvalue weighted by molar-refractivity contribution is 0.0275. The van der Waals surface area contributed by atoms with Crippen LogP contribution in [0.15, 0.2) is 12.1 Å². The van der Waals surface area contributed by atoms with Crippen molar-refractivity contribution < 1.29 is 14.3 Å². The van der Waals surface area contributed by atoms with Gasteiger partial charge in [0.25, 0.3) is 0 Å². The number of pyridine rings is 1. The van der Waals surface area contributed by atoms with Gasteiger partial charge in [-0.25, -0.2) is 9.78 Å². The van der Waals surface area contributed by atoms with Crippen LogP contribution in [0.25, 0.3) is 0 Å². The van der Waals surface area contributed by atoms with Crippen molar-refractivity contribution in [3.8, 4) is 11.9 Å². The van der Waals surface area contributed by atoms with Gasteiger partial charge in [-0.15, -0.1) is 0 Å². The molecule has 1 atom stereocenters. The Morgan fingerprint density at radius 3 is 2.82 bits per heavy atom. The molecule has 0 spiro atoms. The average molecular weight is 303 g/mol. The first-order valence-electron chi connectivity index (χ1n) is 7.31. The first kappa shape index (κ1) is 16.1. The van der Waals surface area contributed by atoms with Crippen molar-refractivity contribution in [1.29, 1.82) is 5.26 Å². The Labute approximate surface area is 130 Å². The van der Waals surface area contributed by atoms with Crippen LogP contribution in [-0.4, -0.2) is 40.8 Å². The molecule has 0 aliphatic carbocycles. The summed E-state index contributed by atoms with van der Waals surface area (Å²) in [5, 5.41) is 8.90. The van der Waals surface area contributed by atoms with Crippen molar-refractivity contribution in [1.82, 2.24) is 9.88 Å². The van der Waals surface area contributed by atoms with E-state index >= 15 is 0 Å². The standard InChI is InChI=1S/C16H21N3O3/c1-11-5-6-12(9-17)18-14(11)21-13-7-8-19(10-13)15(20)22-16(2,3)4/h5-6,13H,7-8,10H2,1-4H3. The number of likely N-dealkylation sites (tertiary alicyclic amines) is 1. The average Bonchev–Trinajstić information content (AvgIpc) is 2.88. The number of carbonyl (C=O) groups excluding carboxylic acids is 1. The third-order valence-corrected chi connectivity index (χ3v) is 3.24. The monoisotopic (exact) mass is 303 g/mol. The Kier molecular flexibility index (Phi) is 4.55. The summed E-state index contributed by atoms with van der Waals surface area (Å²) in [7, 11) is 0. The SMILES string of the molecule is Cc1ccc(C#N)nc1OC1CCN(C(=O)OC(C)(C)C)C1. The molecule has 0 aromatic carbocycles. The molecule has 22 heavy (non-hydrogen) atoms. The zero-order valence-electron chi connectivity index (χ0n) is 13.4. The number of rotatable bonds is 2. The highest BCUT2D eigenvalue weighted by Crippen LogP contribution is 2.22. The first-order valence-corrected chi connectivity index (χ1v) is 7.31. The molecule has 6 nitrogen and oxygen atoms in total. The fourth-order valence-electron chi connectivity index (χ4n) is 2.17. The Bertz CT molecular complexity index is 602. The lowest BCUT2D eigenvalue weighted by atomic mass is 10.2. The zero-order valence-corrected chi connectivity index (χ0v) is 13.4. The Hall–Kier alpha value is -2.29. The summed E-state index contributed by atoms with van der Waals surface area (Å²) in [5.41, 5.74) is 0.687. The smallest absolute Gasteiger partial charge is 0.410 e. The normalized spacial score (nSPS) is 18.0. The van der Waals surface area contributed by atoms with E-state index in [2.05, 4.69) is 4.98 Å². The highest BCUT2D eigenvalue weighted by Gasteiger charge is 2.31. The number of carbonyl (C=O) groups is 1. The molecule has 0 radical (unpaired) electrons. The van der Waals surface area contributed by atoms with Crippen LogP contribution in [0.2, 0.25) is 0 Å². The van der Waals surface area contributed by atoms with E-state index in [-0.39, 0.29) is 12.2 Å². The fraction of sp³-hybridized carbons (Fsp3) is 0.562. The molecule has 1 aromatic heterocycles. The maximum atomic E-state index is 12.0. The van der Waals surface area contributed by atoms with E-state index in [0.29, 0.717) is 24.7 Å². The van der Waals surface area contributed by atoms with Gasteiger partial charge in [-0.3, -0.25) is 0 Å². The predicted octanol–water partition coefficient (Wildman–Crippen LogP) is 2.65. The van der Waals surface area contributed by atoms with Gasteiger partial charge in [0.15, 0.2) is 0 Å². The highest BCUT2D eigenvalue weighted by molar-refractivity contribution is 5.68. The highest BCUT2D eigenvalue weighted by atomic mass is 16.6. The van der Waals surface area contributed by atoms with E-state index in [0.717, 1.165) is 12.0 Å². The number of nitriles is 1. The summed E-state index contributed by atoms with van der Waals surface area (Å²) < 4.78 is 11.2. The van der Waals surface area contributed by atoms with Gasteiger partial charge in [0.05, 0.1) is 6.54 Å². The number of aromatic nitrogens is 1. The van der Waals surface area contributed by atoms with Crippen LogP contribution in [0.3, 0.4) is 0 Å². The lowest BCUT2D eigenvalue weighted by Crippen LogP contribution is -2.36. The molecule has 2 rings (SSSR count). The van der Waals surface area contributed by atoms with Crippen LogP contribution in [0.1, 0.15) is 38.4 Å². The molecule has 2 heterocycles. The molecular weight excluding hydrogens is 282 g/mol. The molecule has 0 saturated carbocycles. The fourth-order valence-corrected chi connectivity index (χ4v) is 2.17. The van der Waals surface area contributed by atoms with E-state index in [9.17, 15) is 4.79 Å². The van der Waals surface area contributed by atoms with E-state index in [4.69, 9.17) is 14.7 Å². The summed E-state index contributed by atoms with van der Waals surface area (Å²) >= 11 is 0. The van der Waals surface area contributed by atoms with E-state index < -0.39 is 5.60 Å². The van der Waals surface area contributed by atoms with Crippen molar-refractivity contribution in [3.63, 3.8) is 0 Å². The number of nitrogens with zero attached hydrogens (tertiary/aromatic N) is 3. The number of aryl methyl sites for hydroxylation is 1. The lowest BCUT2D eigenvalue weighted by Gasteiger charge is -2.24. The zero-order chi connectivity index (χ0) is 16.3. The Balaban J connectivity index is 1.97. The molecule has 1 amide bonds. The van der Waals surface area contributed by atoms with Crippen LogP contribution in [0, 0.1) is 18.3 Å². The minimum absolute atomic E-state index is 0.132. The van der Waals surface area contributed by atoms with Gasteiger partial charge in [-0.1, -0.05) is 6.07 Å². The molecule has 1 aliphatic rings. The van der Waals surface area contributed by atoms with Gasteiger partial charge >= 0.3 is 6.09 Å². The molecule has 1 aromatic rings. The maximum absolute atomic E-state index is 12.0. The van der Waals surface area contributed by atoms with Crippen molar-refractivity contribution >= 4 is 6.09 Å². The molecule has 0 N–H and O–H groups in total. The summed E-state index contributed by atoms with van der Waals surface area (Å²) in [6.45, 7) is 8.47. The number of amides is 1. The molecule has 1 fully saturated rings. The summed E-state index contributed by atoms with van der Waals surface area (Å²) in [6, 6.07) is 5.46. The van der Waals surface area contributed by atoms with Gasteiger partial charge in [-0.05, 0) is 33.8 Å². The molecule has 1 saturated heterocycles. The quantitative estimate of drug-likeness (QED) is 0.839. The second kappa shape index (κ2) is 6.22. The van der Waals surface area contributed by atoms with E-state index in [1.807, 2.05) is 39.8 Å². The number of hydrogen-bond acceptors (Lipinski definition) is 5. The molecular formula is C16H21N3O3. The maximum Gasteiger partial charge on any atom is 0.410 e. The summed E-state index contributed by atoms with van der Waals surface area (Å²) in [5.74, 6) is 0.454. The summed E-state index contributed by atoms with van der Waals surface area (Å²) in [6.07, 6.45) is 0.263. The second-order valence-corrected chi connectivity index (χ2v) is 6.39.